The highest BCUT2D eigenvalue weighted by Gasteiger charge is 2.18. The lowest BCUT2D eigenvalue weighted by Gasteiger charge is -2.10. The highest BCUT2D eigenvalue weighted by Crippen LogP contribution is 2.28. The minimum atomic E-state index is -1.15. The van der Waals surface area contributed by atoms with Gasteiger partial charge in [0.25, 0.3) is 5.91 Å². The van der Waals surface area contributed by atoms with Gasteiger partial charge in [0.1, 0.15) is 11.6 Å². The van der Waals surface area contributed by atoms with Gasteiger partial charge < -0.3 is 5.32 Å². The van der Waals surface area contributed by atoms with Crippen molar-refractivity contribution in [3.05, 3.63) is 77.5 Å². The summed E-state index contributed by atoms with van der Waals surface area (Å²) in [6.07, 6.45) is 3.87. The second kappa shape index (κ2) is 6.72. The first-order valence-corrected chi connectivity index (χ1v) is 7.28. The first-order valence-electron chi connectivity index (χ1n) is 7.28. The second-order valence-electron chi connectivity index (χ2n) is 5.33. The van der Waals surface area contributed by atoms with Crippen molar-refractivity contribution >= 4 is 11.7 Å². The van der Waals surface area contributed by atoms with E-state index in [1.807, 2.05) is 0 Å². The second-order valence-corrected chi connectivity index (χ2v) is 5.33. The third kappa shape index (κ3) is 3.50. The van der Waals surface area contributed by atoms with E-state index in [-0.39, 0.29) is 16.9 Å². The maximum Gasteiger partial charge on any atom is 0.256 e. The molecule has 4 nitrogen and oxygen atoms in total. The van der Waals surface area contributed by atoms with Crippen molar-refractivity contribution in [2.24, 2.45) is 0 Å². The molecule has 1 N–H and O–H groups in total. The van der Waals surface area contributed by atoms with Crippen molar-refractivity contribution in [1.82, 2.24) is 9.97 Å². The zero-order chi connectivity index (χ0) is 18.0. The molecule has 0 unspecified atom stereocenters. The molecule has 0 saturated heterocycles. The maximum atomic E-state index is 14.2. The van der Waals surface area contributed by atoms with Gasteiger partial charge in [-0.05, 0) is 42.8 Å². The average molecular weight is 343 g/mol. The summed E-state index contributed by atoms with van der Waals surface area (Å²) >= 11 is 0. The Labute approximate surface area is 141 Å². The van der Waals surface area contributed by atoms with Crippen LogP contribution in [0.15, 0.2) is 48.9 Å². The Morgan fingerprint density at radius 2 is 1.84 bits per heavy atom. The van der Waals surface area contributed by atoms with Gasteiger partial charge in [-0.15, -0.1) is 0 Å². The molecule has 1 amide bonds. The maximum absolute atomic E-state index is 14.2. The van der Waals surface area contributed by atoms with E-state index < -0.39 is 23.4 Å². The molecule has 0 radical (unpaired) electrons. The molecule has 0 saturated carbocycles. The van der Waals surface area contributed by atoms with Crippen molar-refractivity contribution in [2.45, 2.75) is 6.92 Å². The SMILES string of the molecule is Cc1ccncc1-c1cc(C(=O)Nc2ccc(F)cn2)cc(F)c1F. The van der Waals surface area contributed by atoms with Gasteiger partial charge in [-0.1, -0.05) is 0 Å². The Morgan fingerprint density at radius 3 is 2.52 bits per heavy atom. The summed E-state index contributed by atoms with van der Waals surface area (Å²) in [7, 11) is 0. The van der Waals surface area contributed by atoms with Crippen LogP contribution in [-0.2, 0) is 0 Å². The fraction of sp³-hybridized carbons (Fsp3) is 0.0556. The first kappa shape index (κ1) is 16.6. The molecule has 0 aliphatic carbocycles. The summed E-state index contributed by atoms with van der Waals surface area (Å²) in [6.45, 7) is 1.73. The van der Waals surface area contributed by atoms with Crippen LogP contribution >= 0.6 is 0 Å². The Kier molecular flexibility index (Phi) is 4.47. The van der Waals surface area contributed by atoms with Crippen molar-refractivity contribution in [1.29, 1.82) is 0 Å². The number of anilines is 1. The number of hydrogen-bond donors (Lipinski definition) is 1. The predicted octanol–water partition coefficient (Wildman–Crippen LogP) is 4.12. The van der Waals surface area contributed by atoms with Gasteiger partial charge >= 0.3 is 0 Å². The van der Waals surface area contributed by atoms with Gasteiger partial charge in [0.05, 0.1) is 6.20 Å². The van der Waals surface area contributed by atoms with Gasteiger partial charge in [-0.3, -0.25) is 9.78 Å². The van der Waals surface area contributed by atoms with Crippen LogP contribution in [0, 0.1) is 24.4 Å². The summed E-state index contributed by atoms with van der Waals surface area (Å²) in [5.41, 5.74) is 0.908. The molecular weight excluding hydrogens is 331 g/mol. The first-order chi connectivity index (χ1) is 12.0. The van der Waals surface area contributed by atoms with Crippen LogP contribution in [0.25, 0.3) is 11.1 Å². The van der Waals surface area contributed by atoms with E-state index in [0.29, 0.717) is 11.1 Å². The number of rotatable bonds is 3. The molecule has 3 aromatic rings. The lowest BCUT2D eigenvalue weighted by Crippen LogP contribution is -2.14. The van der Waals surface area contributed by atoms with Crippen molar-refractivity contribution in [3.8, 4) is 11.1 Å². The van der Waals surface area contributed by atoms with E-state index in [4.69, 9.17) is 0 Å². The zero-order valence-corrected chi connectivity index (χ0v) is 13.1. The summed E-state index contributed by atoms with van der Waals surface area (Å²) in [5.74, 6) is -3.37. The van der Waals surface area contributed by atoms with Crippen LogP contribution < -0.4 is 5.32 Å². The molecule has 0 atom stereocenters. The Morgan fingerprint density at radius 1 is 1.04 bits per heavy atom. The number of amides is 1. The fourth-order valence-electron chi connectivity index (χ4n) is 2.30. The molecule has 0 spiro atoms. The zero-order valence-electron chi connectivity index (χ0n) is 13.1. The number of halogens is 3. The molecule has 126 valence electrons. The number of hydrogen-bond acceptors (Lipinski definition) is 3. The molecule has 7 heteroatoms. The van der Waals surface area contributed by atoms with E-state index >= 15 is 0 Å². The Balaban J connectivity index is 1.98. The molecule has 2 heterocycles. The van der Waals surface area contributed by atoms with E-state index in [2.05, 4.69) is 15.3 Å². The van der Waals surface area contributed by atoms with Gasteiger partial charge in [-0.2, -0.15) is 0 Å². The molecule has 3 rings (SSSR count). The van der Waals surface area contributed by atoms with Gasteiger partial charge in [0, 0.05) is 29.1 Å². The van der Waals surface area contributed by atoms with Gasteiger partial charge in [0.2, 0.25) is 0 Å². The van der Waals surface area contributed by atoms with Crippen LogP contribution in [0.3, 0.4) is 0 Å². The summed E-state index contributed by atoms with van der Waals surface area (Å²) in [6, 6.07) is 6.07. The fourth-order valence-corrected chi connectivity index (χ4v) is 2.30. The molecule has 0 aliphatic rings. The van der Waals surface area contributed by atoms with E-state index in [9.17, 15) is 18.0 Å². The highest BCUT2D eigenvalue weighted by atomic mass is 19.2. The Bertz CT molecular complexity index is 943. The Hall–Kier alpha value is -3.22. The summed E-state index contributed by atoms with van der Waals surface area (Å²) < 4.78 is 41.0. The third-order valence-electron chi connectivity index (χ3n) is 3.59. The number of aromatic nitrogens is 2. The quantitative estimate of drug-likeness (QED) is 0.778. The standard InChI is InChI=1S/C18H12F3N3O/c1-10-4-5-22-9-14(10)13-6-11(7-15(20)17(13)21)18(25)24-16-3-2-12(19)8-23-16/h2-9H,1H3,(H,23,24,25). The van der Waals surface area contributed by atoms with Gasteiger partial charge in [-0.25, -0.2) is 18.2 Å². The number of pyridine rings is 2. The molecular formula is C18H12F3N3O. The minimum absolute atomic E-state index is 0.0668. The normalized spacial score (nSPS) is 10.6. The number of carbonyl (C=O) groups is 1. The number of benzene rings is 1. The summed E-state index contributed by atoms with van der Waals surface area (Å²) in [4.78, 5) is 19.9. The van der Waals surface area contributed by atoms with Crippen LogP contribution in [0.2, 0.25) is 0 Å². The number of aryl methyl sites for hydroxylation is 1. The van der Waals surface area contributed by atoms with Crippen LogP contribution in [-0.4, -0.2) is 15.9 Å². The van der Waals surface area contributed by atoms with Crippen molar-refractivity contribution in [2.75, 3.05) is 5.32 Å². The summed E-state index contributed by atoms with van der Waals surface area (Å²) in [5, 5.41) is 2.40. The average Bonchev–Trinajstić information content (AvgIpc) is 2.60. The topological polar surface area (TPSA) is 54.9 Å². The predicted molar refractivity (Wildman–Crippen MR) is 86.5 cm³/mol. The number of nitrogens with zero attached hydrogens (tertiary/aromatic N) is 2. The van der Waals surface area contributed by atoms with E-state index in [0.717, 1.165) is 18.3 Å². The molecule has 0 bridgehead atoms. The molecule has 0 fully saturated rings. The lowest BCUT2D eigenvalue weighted by molar-refractivity contribution is 0.102. The van der Waals surface area contributed by atoms with Crippen molar-refractivity contribution in [3.63, 3.8) is 0 Å². The van der Waals surface area contributed by atoms with Crippen LogP contribution in [0.4, 0.5) is 19.0 Å². The monoisotopic (exact) mass is 343 g/mol. The van der Waals surface area contributed by atoms with Crippen LogP contribution in [0.1, 0.15) is 15.9 Å². The van der Waals surface area contributed by atoms with Crippen molar-refractivity contribution < 1.29 is 18.0 Å². The lowest BCUT2D eigenvalue weighted by atomic mass is 9.99. The minimum Gasteiger partial charge on any atom is -0.307 e. The molecule has 0 aliphatic heterocycles. The molecule has 25 heavy (non-hydrogen) atoms. The third-order valence-corrected chi connectivity index (χ3v) is 3.59. The molecule has 1 aromatic carbocycles. The smallest absolute Gasteiger partial charge is 0.256 e. The molecule has 2 aromatic heterocycles. The van der Waals surface area contributed by atoms with Gasteiger partial charge in [0.15, 0.2) is 11.6 Å². The number of carbonyl (C=O) groups excluding carboxylic acids is 1. The van der Waals surface area contributed by atoms with Crippen LogP contribution in [0.5, 0.6) is 0 Å². The highest BCUT2D eigenvalue weighted by molar-refractivity contribution is 6.04. The van der Waals surface area contributed by atoms with E-state index in [1.165, 1.54) is 24.5 Å². The largest absolute Gasteiger partial charge is 0.307 e. The van der Waals surface area contributed by atoms with E-state index in [1.54, 1.807) is 13.0 Å². The number of nitrogens with one attached hydrogen (secondary N) is 1.